The van der Waals surface area contributed by atoms with Gasteiger partial charge in [-0.3, -0.25) is 0 Å². The van der Waals surface area contributed by atoms with Gasteiger partial charge < -0.3 is 5.32 Å². The van der Waals surface area contributed by atoms with Gasteiger partial charge in [-0.2, -0.15) is 10.5 Å². The molecule has 2 rings (SSSR count). The lowest BCUT2D eigenvalue weighted by atomic mass is 10.1. The van der Waals surface area contributed by atoms with Gasteiger partial charge in [-0.05, 0) is 30.3 Å². The highest BCUT2D eigenvalue weighted by molar-refractivity contribution is 5.49. The smallest absolute Gasteiger partial charge is 0.129 e. The Labute approximate surface area is 110 Å². The van der Waals surface area contributed by atoms with E-state index in [1.165, 1.54) is 6.07 Å². The first kappa shape index (κ1) is 12.6. The van der Waals surface area contributed by atoms with Crippen LogP contribution in [0.5, 0.6) is 0 Å². The standard InChI is InChI=1S/C15H10FN3/c16-15-7-12(9-18)4-5-13(15)10-19-14-3-1-2-11(6-14)8-17/h1-7,19H,10H2. The minimum Gasteiger partial charge on any atom is -0.381 e. The molecular formula is C15H10FN3. The molecule has 0 aliphatic rings. The zero-order valence-corrected chi connectivity index (χ0v) is 10.0. The van der Waals surface area contributed by atoms with Crippen LogP contribution < -0.4 is 5.32 Å². The molecule has 2 aromatic carbocycles. The van der Waals surface area contributed by atoms with Crippen molar-refractivity contribution in [2.24, 2.45) is 0 Å². The van der Waals surface area contributed by atoms with Crippen molar-refractivity contribution >= 4 is 5.69 Å². The molecule has 0 aromatic heterocycles. The monoisotopic (exact) mass is 251 g/mol. The number of halogens is 1. The van der Waals surface area contributed by atoms with Crippen LogP contribution in [0.25, 0.3) is 0 Å². The molecule has 1 N–H and O–H groups in total. The van der Waals surface area contributed by atoms with E-state index in [-0.39, 0.29) is 0 Å². The summed E-state index contributed by atoms with van der Waals surface area (Å²) in [5.74, 6) is -0.414. The third-order valence-electron chi connectivity index (χ3n) is 2.66. The topological polar surface area (TPSA) is 59.6 Å². The Morgan fingerprint density at radius 1 is 1.00 bits per heavy atom. The minimum absolute atomic E-state index is 0.298. The molecule has 0 atom stereocenters. The molecule has 0 radical (unpaired) electrons. The highest BCUT2D eigenvalue weighted by atomic mass is 19.1. The average Bonchev–Trinajstić information content (AvgIpc) is 2.46. The molecule has 92 valence electrons. The van der Waals surface area contributed by atoms with Crippen molar-refractivity contribution in [1.82, 2.24) is 0 Å². The fourth-order valence-electron chi connectivity index (χ4n) is 1.66. The molecule has 0 unspecified atom stereocenters. The maximum Gasteiger partial charge on any atom is 0.129 e. The van der Waals surface area contributed by atoms with Gasteiger partial charge in [-0.15, -0.1) is 0 Å². The quantitative estimate of drug-likeness (QED) is 0.911. The van der Waals surface area contributed by atoms with Crippen molar-refractivity contribution in [3.63, 3.8) is 0 Å². The lowest BCUT2D eigenvalue weighted by Crippen LogP contribution is -2.02. The third kappa shape index (κ3) is 3.08. The molecule has 0 aliphatic carbocycles. The summed E-state index contributed by atoms with van der Waals surface area (Å²) in [6.07, 6.45) is 0. The van der Waals surface area contributed by atoms with E-state index >= 15 is 0 Å². The van der Waals surface area contributed by atoms with Gasteiger partial charge in [0, 0.05) is 17.8 Å². The second-order valence-corrected chi connectivity index (χ2v) is 3.96. The van der Waals surface area contributed by atoms with E-state index in [0.29, 0.717) is 23.2 Å². The fraction of sp³-hybridized carbons (Fsp3) is 0.0667. The zero-order chi connectivity index (χ0) is 13.7. The predicted octanol–water partition coefficient (Wildman–Crippen LogP) is 3.18. The van der Waals surface area contributed by atoms with Crippen LogP contribution in [-0.4, -0.2) is 0 Å². The van der Waals surface area contributed by atoms with Crippen LogP contribution in [0.4, 0.5) is 10.1 Å². The molecule has 0 heterocycles. The predicted molar refractivity (Wildman–Crippen MR) is 69.6 cm³/mol. The van der Waals surface area contributed by atoms with E-state index in [0.717, 1.165) is 5.69 Å². The van der Waals surface area contributed by atoms with Crippen LogP contribution >= 0.6 is 0 Å². The van der Waals surface area contributed by atoms with Gasteiger partial charge in [0.1, 0.15) is 5.82 Å². The van der Waals surface area contributed by atoms with Gasteiger partial charge in [0.25, 0.3) is 0 Å². The Kier molecular flexibility index (Phi) is 3.75. The van der Waals surface area contributed by atoms with E-state index in [9.17, 15) is 4.39 Å². The molecule has 0 saturated heterocycles. The van der Waals surface area contributed by atoms with Crippen LogP contribution in [0.1, 0.15) is 16.7 Å². The van der Waals surface area contributed by atoms with Crippen LogP contribution in [0, 0.1) is 28.5 Å². The first-order valence-electron chi connectivity index (χ1n) is 5.65. The highest BCUT2D eigenvalue weighted by Gasteiger charge is 2.03. The average molecular weight is 251 g/mol. The lowest BCUT2D eigenvalue weighted by molar-refractivity contribution is 0.612. The molecule has 0 bridgehead atoms. The van der Waals surface area contributed by atoms with Crippen molar-refractivity contribution in [3.8, 4) is 12.1 Å². The van der Waals surface area contributed by atoms with E-state index in [1.807, 2.05) is 18.2 Å². The number of hydrogen-bond acceptors (Lipinski definition) is 3. The highest BCUT2D eigenvalue weighted by Crippen LogP contribution is 2.14. The molecular weight excluding hydrogens is 241 g/mol. The van der Waals surface area contributed by atoms with Crippen LogP contribution in [0.3, 0.4) is 0 Å². The number of nitrogens with one attached hydrogen (secondary N) is 1. The second kappa shape index (κ2) is 5.66. The molecule has 0 saturated carbocycles. The van der Waals surface area contributed by atoms with Gasteiger partial charge in [0.2, 0.25) is 0 Å². The Balaban J connectivity index is 2.11. The number of hydrogen-bond donors (Lipinski definition) is 1. The number of nitrogens with zero attached hydrogens (tertiary/aromatic N) is 2. The summed E-state index contributed by atoms with van der Waals surface area (Å²) in [5, 5.41) is 20.5. The summed E-state index contributed by atoms with van der Waals surface area (Å²) in [4.78, 5) is 0. The summed E-state index contributed by atoms with van der Waals surface area (Å²) >= 11 is 0. The molecule has 2 aromatic rings. The molecule has 4 heteroatoms. The maximum atomic E-state index is 13.6. The van der Waals surface area contributed by atoms with Crippen molar-refractivity contribution in [1.29, 1.82) is 10.5 Å². The van der Waals surface area contributed by atoms with Crippen molar-refractivity contribution in [2.75, 3.05) is 5.32 Å². The van der Waals surface area contributed by atoms with Gasteiger partial charge in [-0.25, -0.2) is 4.39 Å². The Morgan fingerprint density at radius 2 is 1.74 bits per heavy atom. The number of benzene rings is 2. The minimum atomic E-state index is -0.414. The fourth-order valence-corrected chi connectivity index (χ4v) is 1.66. The molecule has 19 heavy (non-hydrogen) atoms. The van der Waals surface area contributed by atoms with Crippen molar-refractivity contribution < 1.29 is 4.39 Å². The van der Waals surface area contributed by atoms with E-state index < -0.39 is 5.82 Å². The molecule has 0 fully saturated rings. The van der Waals surface area contributed by atoms with Gasteiger partial charge >= 0.3 is 0 Å². The Bertz CT molecular complexity index is 681. The summed E-state index contributed by atoms with van der Waals surface area (Å²) in [5.41, 5.74) is 2.07. The van der Waals surface area contributed by atoms with Gasteiger partial charge in [-0.1, -0.05) is 12.1 Å². The normalized spacial score (nSPS) is 9.42. The first-order chi connectivity index (χ1) is 9.22. The number of nitriles is 2. The van der Waals surface area contributed by atoms with Crippen LogP contribution in [0.15, 0.2) is 42.5 Å². The van der Waals surface area contributed by atoms with E-state index in [4.69, 9.17) is 10.5 Å². The summed E-state index contributed by atoms with van der Waals surface area (Å²) in [6, 6.07) is 15.3. The largest absolute Gasteiger partial charge is 0.381 e. The Hall–Kier alpha value is -2.85. The van der Waals surface area contributed by atoms with Gasteiger partial charge in [0.15, 0.2) is 0 Å². The summed E-state index contributed by atoms with van der Waals surface area (Å²) in [6.45, 7) is 0.298. The number of anilines is 1. The van der Waals surface area contributed by atoms with Crippen LogP contribution in [0.2, 0.25) is 0 Å². The molecule has 0 spiro atoms. The SMILES string of the molecule is N#Cc1cccc(NCc2ccc(C#N)cc2F)c1. The molecule has 0 aliphatic heterocycles. The lowest BCUT2D eigenvalue weighted by Gasteiger charge is -2.07. The van der Waals surface area contributed by atoms with Crippen molar-refractivity contribution in [2.45, 2.75) is 6.54 Å². The number of rotatable bonds is 3. The van der Waals surface area contributed by atoms with Crippen LogP contribution in [-0.2, 0) is 6.54 Å². The van der Waals surface area contributed by atoms with E-state index in [2.05, 4.69) is 5.32 Å². The van der Waals surface area contributed by atoms with Gasteiger partial charge in [0.05, 0.1) is 23.3 Å². The summed E-state index contributed by atoms with van der Waals surface area (Å²) in [7, 11) is 0. The third-order valence-corrected chi connectivity index (χ3v) is 2.66. The second-order valence-electron chi connectivity index (χ2n) is 3.96. The van der Waals surface area contributed by atoms with E-state index in [1.54, 1.807) is 30.3 Å². The van der Waals surface area contributed by atoms with Crippen molar-refractivity contribution in [3.05, 3.63) is 65.0 Å². The first-order valence-corrected chi connectivity index (χ1v) is 5.65. The molecule has 3 nitrogen and oxygen atoms in total. The molecule has 0 amide bonds. The maximum absolute atomic E-state index is 13.6. The summed E-state index contributed by atoms with van der Waals surface area (Å²) < 4.78 is 13.6. The zero-order valence-electron chi connectivity index (χ0n) is 10.0. The Morgan fingerprint density at radius 3 is 2.42 bits per heavy atom.